The number of nitrogens with zero attached hydrogens (tertiary/aromatic N) is 1. The first-order valence-corrected chi connectivity index (χ1v) is 13.5. The summed E-state index contributed by atoms with van der Waals surface area (Å²) in [5, 5.41) is 7.85. The number of benzene rings is 3. The van der Waals surface area contributed by atoms with E-state index in [-0.39, 0.29) is 51.6 Å². The van der Waals surface area contributed by atoms with Gasteiger partial charge in [-0.3, -0.25) is 9.59 Å². The molecule has 1 N–H and O–H groups in total. The molecule has 46 heavy (non-hydrogen) atoms. The number of carbonyl (C=O) groups is 3. The number of anilines is 1. The van der Waals surface area contributed by atoms with E-state index in [9.17, 15) is 53.9 Å². The van der Waals surface area contributed by atoms with Gasteiger partial charge in [0.25, 0.3) is 5.91 Å². The zero-order chi connectivity index (χ0) is 34.9. The fourth-order valence-electron chi connectivity index (χ4n) is 4.54. The largest absolute Gasteiger partial charge is 0.478 e. The van der Waals surface area contributed by atoms with Crippen molar-refractivity contribution in [1.29, 1.82) is 0 Å². The van der Waals surface area contributed by atoms with Crippen molar-refractivity contribution in [2.24, 2.45) is 0 Å². The number of carboxylic acid groups (broad SMARTS) is 1. The Morgan fingerprint density at radius 1 is 0.891 bits per heavy atom. The molecule has 0 aromatic heterocycles. The number of carbonyl (C=O) groups excluding carboxylic acids is 2. The molecule has 0 unspecified atom stereocenters. The van der Waals surface area contributed by atoms with Crippen LogP contribution >= 0.6 is 23.2 Å². The molecule has 0 aliphatic carbocycles. The lowest BCUT2D eigenvalue weighted by atomic mass is 9.91. The molecule has 0 radical (unpaired) electrons. The number of alkyl halides is 9. The molecule has 3 aromatic carbocycles. The molecule has 248 valence electrons. The third kappa shape index (κ3) is 7.04. The van der Waals surface area contributed by atoms with Gasteiger partial charge in [0, 0.05) is 40.4 Å². The molecular formula is C29H20Cl2F9NO5. The molecular weight excluding hydrogens is 684 g/mol. The highest BCUT2D eigenvalue weighted by molar-refractivity contribution is 6.35. The summed E-state index contributed by atoms with van der Waals surface area (Å²) < 4.78 is 125. The van der Waals surface area contributed by atoms with Crippen LogP contribution in [-0.4, -0.2) is 48.3 Å². The zero-order valence-electron chi connectivity index (χ0n) is 23.3. The minimum atomic E-state index is -6.59. The highest BCUT2D eigenvalue weighted by Gasteiger charge is 2.73. The lowest BCUT2D eigenvalue weighted by molar-refractivity contribution is -0.348. The molecule has 0 atom stereocenters. The van der Waals surface area contributed by atoms with Gasteiger partial charge < -0.3 is 14.7 Å². The Hall–Kier alpha value is -3.98. The fraction of sp³-hybridized carbons (Fsp3) is 0.276. The summed E-state index contributed by atoms with van der Waals surface area (Å²) in [4.78, 5) is 39.1. The van der Waals surface area contributed by atoms with Gasteiger partial charge in [-0.05, 0) is 55.8 Å². The van der Waals surface area contributed by atoms with Gasteiger partial charge in [-0.15, -0.1) is 0 Å². The smallest absolute Gasteiger partial charge is 0.435 e. The van der Waals surface area contributed by atoms with E-state index < -0.39 is 70.6 Å². The van der Waals surface area contributed by atoms with Crippen LogP contribution in [-0.2, 0) is 12.1 Å². The number of hydrogen-bond donors (Lipinski definition) is 1. The highest BCUT2D eigenvalue weighted by atomic mass is 35.5. The Balaban J connectivity index is 2.07. The monoisotopic (exact) mass is 703 g/mol. The van der Waals surface area contributed by atoms with Gasteiger partial charge in [0.1, 0.15) is 5.75 Å². The maximum absolute atomic E-state index is 14.7. The second kappa shape index (κ2) is 13.4. The second-order valence-corrected chi connectivity index (χ2v) is 10.4. The molecule has 0 aliphatic rings. The van der Waals surface area contributed by atoms with Crippen molar-refractivity contribution in [2.45, 2.75) is 44.9 Å². The van der Waals surface area contributed by atoms with Crippen molar-refractivity contribution in [3.63, 3.8) is 0 Å². The lowest BCUT2D eigenvalue weighted by Gasteiger charge is -2.31. The molecule has 0 bridgehead atoms. The molecule has 0 spiro atoms. The topological polar surface area (TPSA) is 83.9 Å². The average molecular weight is 704 g/mol. The maximum Gasteiger partial charge on any atom is 0.435 e. The molecule has 0 saturated carbocycles. The lowest BCUT2D eigenvalue weighted by Crippen LogP contribution is -2.50. The second-order valence-electron chi connectivity index (χ2n) is 9.57. The minimum Gasteiger partial charge on any atom is -0.478 e. The molecule has 0 saturated heterocycles. The minimum absolute atomic E-state index is 0.00259. The first kappa shape index (κ1) is 36.5. The predicted octanol–water partition coefficient (Wildman–Crippen LogP) is 8.98. The van der Waals surface area contributed by atoms with Crippen LogP contribution in [0.2, 0.25) is 10.0 Å². The molecule has 3 aromatic rings. The van der Waals surface area contributed by atoms with E-state index in [1.54, 1.807) is 6.92 Å². The van der Waals surface area contributed by atoms with Gasteiger partial charge in [0.05, 0.1) is 16.1 Å². The third-order valence-corrected chi connectivity index (χ3v) is 7.44. The SMILES string of the molecule is CCN(C(=O)c1ccc(C(=O)O)cc1Cl)c1cccc(C(=O)Cc2c(Cl)cc(C(F)(C(F)(F)F)C(F)(F)F)cc2OC(F)F)c1C. The average Bonchev–Trinajstić information content (AvgIpc) is 2.93. The van der Waals surface area contributed by atoms with Crippen LogP contribution in [0.4, 0.5) is 45.2 Å². The summed E-state index contributed by atoms with van der Waals surface area (Å²) in [6.45, 7) is -0.874. The van der Waals surface area contributed by atoms with E-state index in [0.29, 0.717) is 0 Å². The number of aromatic carboxylic acids is 1. The summed E-state index contributed by atoms with van der Waals surface area (Å²) >= 11 is 12.0. The summed E-state index contributed by atoms with van der Waals surface area (Å²) in [6, 6.07) is 7.05. The molecule has 1 amide bonds. The first-order valence-electron chi connectivity index (χ1n) is 12.7. The van der Waals surface area contributed by atoms with Gasteiger partial charge in [0.2, 0.25) is 0 Å². The molecule has 6 nitrogen and oxygen atoms in total. The third-order valence-electron chi connectivity index (χ3n) is 6.79. The molecule has 3 rings (SSSR count). The van der Waals surface area contributed by atoms with E-state index in [2.05, 4.69) is 4.74 Å². The maximum atomic E-state index is 14.7. The quantitative estimate of drug-likeness (QED) is 0.168. The molecule has 0 heterocycles. The van der Waals surface area contributed by atoms with Crippen LogP contribution < -0.4 is 9.64 Å². The molecule has 17 heteroatoms. The van der Waals surface area contributed by atoms with Crippen LogP contribution in [0.3, 0.4) is 0 Å². The van der Waals surface area contributed by atoms with Crippen molar-refractivity contribution < 1.29 is 63.7 Å². The van der Waals surface area contributed by atoms with Crippen molar-refractivity contribution in [3.8, 4) is 5.75 Å². The Morgan fingerprint density at radius 3 is 2.00 bits per heavy atom. The molecule has 0 aliphatic heterocycles. The van der Waals surface area contributed by atoms with E-state index >= 15 is 0 Å². The Labute approximate surface area is 264 Å². The van der Waals surface area contributed by atoms with E-state index in [4.69, 9.17) is 28.3 Å². The number of rotatable bonds is 10. The van der Waals surface area contributed by atoms with Gasteiger partial charge in [-0.25, -0.2) is 9.18 Å². The van der Waals surface area contributed by atoms with Crippen LogP contribution in [0.25, 0.3) is 0 Å². The number of halogens is 11. The van der Waals surface area contributed by atoms with E-state index in [1.165, 1.54) is 36.1 Å². The first-order chi connectivity index (χ1) is 21.1. The normalized spacial score (nSPS) is 12.3. The Bertz CT molecular complexity index is 1660. The number of ketones is 1. The Morgan fingerprint density at radius 2 is 1.50 bits per heavy atom. The van der Waals surface area contributed by atoms with Crippen molar-refractivity contribution in [2.75, 3.05) is 11.4 Å². The van der Waals surface area contributed by atoms with Gasteiger partial charge in [0.15, 0.2) is 5.78 Å². The number of amides is 1. The van der Waals surface area contributed by atoms with Crippen molar-refractivity contribution >= 4 is 46.5 Å². The fourth-order valence-corrected chi connectivity index (χ4v) is 5.07. The van der Waals surface area contributed by atoms with Gasteiger partial charge in [-0.1, -0.05) is 35.3 Å². The number of carboxylic acids is 1. The number of ether oxygens (including phenoxy) is 1. The highest BCUT2D eigenvalue weighted by Crippen LogP contribution is 2.54. The van der Waals surface area contributed by atoms with Crippen LogP contribution in [0.15, 0.2) is 48.5 Å². The standard InChI is InChI=1S/C29H20Cl2F9NO5/c1-3-41(24(43)17-8-7-14(25(44)45)9-19(17)30)21-6-4-5-16(13(21)2)22(42)12-18-20(31)10-15(11-23(18)46-26(32)33)27(34,28(35,36)37)29(38,39)40/h4-11,26H,3,12H2,1-2H3,(H,44,45). The van der Waals surface area contributed by atoms with Crippen LogP contribution in [0.5, 0.6) is 5.75 Å². The summed E-state index contributed by atoms with van der Waals surface area (Å²) in [5.41, 5.74) is -9.16. The van der Waals surface area contributed by atoms with E-state index in [1.807, 2.05) is 0 Å². The molecule has 0 fully saturated rings. The predicted molar refractivity (Wildman–Crippen MR) is 148 cm³/mol. The summed E-state index contributed by atoms with van der Waals surface area (Å²) in [6.07, 6.45) is -14.2. The van der Waals surface area contributed by atoms with Crippen LogP contribution in [0, 0.1) is 6.92 Å². The van der Waals surface area contributed by atoms with Crippen LogP contribution in [0.1, 0.15) is 54.7 Å². The van der Waals surface area contributed by atoms with Gasteiger partial charge in [-0.2, -0.15) is 35.1 Å². The number of hydrogen-bond acceptors (Lipinski definition) is 4. The zero-order valence-corrected chi connectivity index (χ0v) is 24.8. The van der Waals surface area contributed by atoms with Crippen molar-refractivity contribution in [1.82, 2.24) is 0 Å². The van der Waals surface area contributed by atoms with Gasteiger partial charge >= 0.3 is 30.6 Å². The van der Waals surface area contributed by atoms with E-state index in [0.717, 1.165) is 12.1 Å². The Kier molecular flexibility index (Phi) is 10.6. The summed E-state index contributed by atoms with van der Waals surface area (Å²) in [5.74, 6) is -4.34. The number of Topliss-reactive ketones (excluding diaryl/α,β-unsaturated/α-hetero) is 1. The van der Waals surface area contributed by atoms with Crippen molar-refractivity contribution in [3.05, 3.63) is 92.0 Å². The summed E-state index contributed by atoms with van der Waals surface area (Å²) in [7, 11) is 0.